The molecule has 0 aliphatic carbocycles. The Morgan fingerprint density at radius 2 is 2.31 bits per heavy atom. The third-order valence-electron chi connectivity index (χ3n) is 4.31. The molecule has 1 aromatic rings. The van der Waals surface area contributed by atoms with Crippen molar-refractivity contribution in [1.29, 1.82) is 0 Å². The Morgan fingerprint density at radius 3 is 3.04 bits per heavy atom. The van der Waals surface area contributed by atoms with Crippen molar-refractivity contribution < 1.29 is 9.53 Å². The van der Waals surface area contributed by atoms with Crippen LogP contribution in [0.5, 0.6) is 0 Å². The maximum Gasteiger partial charge on any atom is 0.248 e. The van der Waals surface area contributed by atoms with E-state index >= 15 is 0 Å². The number of rotatable bonds is 8. The first-order valence-electron chi connectivity index (χ1n) is 8.60. The summed E-state index contributed by atoms with van der Waals surface area (Å²) in [6, 6.07) is 7.40. The number of ether oxygens (including phenoxy) is 1. The second kappa shape index (κ2) is 11.5. The SMILES string of the molecule is C#CCN(CCCC#CSI)CC1CCC(c2cccc(C(N)=O)c2)O1. The lowest BCUT2D eigenvalue weighted by molar-refractivity contribution is 0.0244. The van der Waals surface area contributed by atoms with Crippen LogP contribution in [0.2, 0.25) is 0 Å². The molecule has 2 atom stereocenters. The van der Waals surface area contributed by atoms with Crippen molar-refractivity contribution in [2.24, 2.45) is 5.73 Å². The first-order chi connectivity index (χ1) is 12.6. The van der Waals surface area contributed by atoms with E-state index in [2.05, 4.69) is 43.2 Å². The van der Waals surface area contributed by atoms with Gasteiger partial charge in [0.25, 0.3) is 0 Å². The van der Waals surface area contributed by atoms with E-state index in [1.165, 1.54) is 8.93 Å². The molecule has 2 unspecified atom stereocenters. The van der Waals surface area contributed by atoms with E-state index in [4.69, 9.17) is 16.9 Å². The van der Waals surface area contributed by atoms with Crippen LogP contribution in [0.25, 0.3) is 0 Å². The highest BCUT2D eigenvalue weighted by atomic mass is 127. The van der Waals surface area contributed by atoms with Crippen molar-refractivity contribution in [1.82, 2.24) is 4.90 Å². The molecule has 6 heteroatoms. The van der Waals surface area contributed by atoms with Gasteiger partial charge in [-0.3, -0.25) is 9.69 Å². The molecule has 1 amide bonds. The quantitative estimate of drug-likeness (QED) is 0.348. The standard InChI is InChI=1S/C20H23IN2O2S/c1-2-11-23(12-4-3-5-13-26-21)15-18-9-10-19(25-18)16-7-6-8-17(14-16)20(22)24/h1,6-8,14,18-19H,3-4,9-12,15H2,(H2,22,24). The number of halogens is 1. The molecule has 0 aromatic heterocycles. The zero-order chi connectivity index (χ0) is 18.8. The number of nitrogens with zero attached hydrogens (tertiary/aromatic N) is 1. The molecule has 1 aliphatic heterocycles. The highest BCUT2D eigenvalue weighted by molar-refractivity contribution is 14.2. The number of benzene rings is 1. The molecule has 1 heterocycles. The van der Waals surface area contributed by atoms with Gasteiger partial charge in [0.1, 0.15) is 0 Å². The molecule has 0 saturated carbocycles. The first kappa shape index (κ1) is 21.1. The van der Waals surface area contributed by atoms with Crippen molar-refractivity contribution in [2.45, 2.75) is 37.9 Å². The first-order valence-corrected chi connectivity index (χ1v) is 12.0. The molecular weight excluding hydrogens is 459 g/mol. The summed E-state index contributed by atoms with van der Waals surface area (Å²) in [7, 11) is 1.51. The minimum Gasteiger partial charge on any atom is -0.369 e. The van der Waals surface area contributed by atoms with E-state index in [0.29, 0.717) is 12.1 Å². The predicted molar refractivity (Wildman–Crippen MR) is 116 cm³/mol. The summed E-state index contributed by atoms with van der Waals surface area (Å²) in [6.45, 7) is 2.37. The van der Waals surface area contributed by atoms with Gasteiger partial charge in [0.2, 0.25) is 5.91 Å². The van der Waals surface area contributed by atoms with Gasteiger partial charge in [-0.05, 0) is 51.1 Å². The van der Waals surface area contributed by atoms with Crippen LogP contribution < -0.4 is 5.73 Å². The molecule has 0 bridgehead atoms. The third kappa shape index (κ3) is 6.85. The van der Waals surface area contributed by atoms with Crippen molar-refractivity contribution in [2.75, 3.05) is 19.6 Å². The Hall–Kier alpha value is -1.19. The number of unbranched alkanes of at least 4 members (excludes halogenated alkanes) is 1. The number of primary amides is 1. The molecular formula is C20H23IN2O2S. The van der Waals surface area contributed by atoms with E-state index in [1.54, 1.807) is 6.07 Å². The number of hydrogen-bond acceptors (Lipinski definition) is 4. The maximum atomic E-state index is 11.4. The van der Waals surface area contributed by atoms with Gasteiger partial charge in [-0.15, -0.1) is 6.42 Å². The van der Waals surface area contributed by atoms with Crippen molar-refractivity contribution >= 4 is 36.0 Å². The lowest BCUT2D eigenvalue weighted by atomic mass is 10.0. The number of nitrogens with two attached hydrogens (primary N) is 1. The number of terminal acetylenes is 1. The van der Waals surface area contributed by atoms with E-state index in [-0.39, 0.29) is 12.2 Å². The Labute approximate surface area is 172 Å². The average molecular weight is 482 g/mol. The van der Waals surface area contributed by atoms with Crippen LogP contribution >= 0.6 is 30.1 Å². The number of amides is 1. The molecule has 2 rings (SSSR count). The average Bonchev–Trinajstić information content (AvgIpc) is 3.10. The summed E-state index contributed by atoms with van der Waals surface area (Å²) in [5.74, 6) is 5.45. The van der Waals surface area contributed by atoms with Crippen molar-refractivity contribution in [3.05, 3.63) is 35.4 Å². The number of hydrogen-bond donors (Lipinski definition) is 1. The van der Waals surface area contributed by atoms with Crippen LogP contribution in [0.1, 0.15) is 47.7 Å². The lowest BCUT2D eigenvalue weighted by Crippen LogP contribution is -2.33. The summed E-state index contributed by atoms with van der Waals surface area (Å²) >= 11 is 2.17. The largest absolute Gasteiger partial charge is 0.369 e. The van der Waals surface area contributed by atoms with Crippen molar-refractivity contribution in [3.63, 3.8) is 0 Å². The molecule has 4 nitrogen and oxygen atoms in total. The molecule has 2 N–H and O–H groups in total. The summed E-state index contributed by atoms with van der Waals surface area (Å²) in [6.07, 6.45) is 9.48. The van der Waals surface area contributed by atoms with Gasteiger partial charge < -0.3 is 10.5 Å². The Kier molecular flexibility index (Phi) is 9.35. The smallest absolute Gasteiger partial charge is 0.248 e. The predicted octanol–water partition coefficient (Wildman–Crippen LogP) is 3.77. The van der Waals surface area contributed by atoms with Gasteiger partial charge >= 0.3 is 0 Å². The minimum atomic E-state index is -0.411. The van der Waals surface area contributed by atoms with Crippen LogP contribution in [0.15, 0.2) is 24.3 Å². The van der Waals surface area contributed by atoms with Gasteiger partial charge in [0, 0.05) is 46.3 Å². The molecule has 138 valence electrons. The van der Waals surface area contributed by atoms with E-state index in [0.717, 1.165) is 44.3 Å². The van der Waals surface area contributed by atoms with Crippen LogP contribution in [0, 0.1) is 23.5 Å². The molecule has 1 fully saturated rings. The fourth-order valence-corrected chi connectivity index (χ4v) is 3.72. The molecule has 1 aromatic carbocycles. The third-order valence-corrected chi connectivity index (χ3v) is 5.20. The Balaban J connectivity index is 1.87. The fourth-order valence-electron chi connectivity index (χ4n) is 3.10. The summed E-state index contributed by atoms with van der Waals surface area (Å²) in [4.78, 5) is 13.6. The second-order valence-corrected chi connectivity index (χ2v) is 7.89. The molecule has 0 radical (unpaired) electrons. The van der Waals surface area contributed by atoms with Crippen LogP contribution in [0.3, 0.4) is 0 Å². The summed E-state index contributed by atoms with van der Waals surface area (Å²) in [5.41, 5.74) is 6.90. The van der Waals surface area contributed by atoms with Crippen molar-refractivity contribution in [3.8, 4) is 23.5 Å². The zero-order valence-corrected chi connectivity index (χ0v) is 17.6. The summed E-state index contributed by atoms with van der Waals surface area (Å²) < 4.78 is 6.21. The highest BCUT2D eigenvalue weighted by Crippen LogP contribution is 2.33. The van der Waals surface area contributed by atoms with Crippen LogP contribution in [-0.4, -0.2) is 36.5 Å². The Bertz CT molecular complexity index is 708. The number of carbonyl (C=O) groups excluding carboxylic acids is 1. The molecule has 0 spiro atoms. The normalized spacial score (nSPS) is 19.0. The monoisotopic (exact) mass is 482 g/mol. The van der Waals surface area contributed by atoms with Gasteiger partial charge in [0.05, 0.1) is 18.8 Å². The van der Waals surface area contributed by atoms with Crippen LogP contribution in [-0.2, 0) is 4.74 Å². The van der Waals surface area contributed by atoms with Crippen LogP contribution in [0.4, 0.5) is 0 Å². The van der Waals surface area contributed by atoms with Gasteiger partial charge in [-0.2, -0.15) is 0 Å². The zero-order valence-electron chi connectivity index (χ0n) is 14.6. The van der Waals surface area contributed by atoms with E-state index in [9.17, 15) is 4.79 Å². The van der Waals surface area contributed by atoms with Gasteiger partial charge in [-0.25, -0.2) is 0 Å². The molecule has 1 saturated heterocycles. The summed E-state index contributed by atoms with van der Waals surface area (Å²) in [5, 5.41) is 3.00. The molecule has 26 heavy (non-hydrogen) atoms. The second-order valence-electron chi connectivity index (χ2n) is 6.21. The fraction of sp³-hybridized carbons (Fsp3) is 0.450. The van der Waals surface area contributed by atoms with Gasteiger partial charge in [-0.1, -0.05) is 24.0 Å². The maximum absolute atomic E-state index is 11.4. The topological polar surface area (TPSA) is 55.6 Å². The molecule has 1 aliphatic rings. The highest BCUT2D eigenvalue weighted by Gasteiger charge is 2.28. The van der Waals surface area contributed by atoms with Gasteiger partial charge in [0.15, 0.2) is 0 Å². The van der Waals surface area contributed by atoms with E-state index in [1.807, 2.05) is 18.2 Å². The Morgan fingerprint density at radius 1 is 1.46 bits per heavy atom. The lowest BCUT2D eigenvalue weighted by Gasteiger charge is -2.23. The van der Waals surface area contributed by atoms with E-state index < -0.39 is 5.91 Å². The number of carbonyl (C=O) groups is 1. The minimum absolute atomic E-state index is 0.0125.